The first kappa shape index (κ1) is 28.3. The molecule has 1 atom stereocenters. The molecule has 7 nitrogen and oxygen atoms in total. The number of rotatable bonds is 6. The van der Waals surface area contributed by atoms with E-state index in [1.165, 1.54) is 0 Å². The summed E-state index contributed by atoms with van der Waals surface area (Å²) in [6, 6.07) is 26.4. The second-order valence-corrected chi connectivity index (χ2v) is 10.2. The van der Waals surface area contributed by atoms with Gasteiger partial charge >= 0.3 is 0 Å². The molecule has 2 heterocycles. The minimum absolute atomic E-state index is 0. The molecule has 0 unspecified atom stereocenters. The summed E-state index contributed by atoms with van der Waals surface area (Å²) >= 11 is 0. The van der Waals surface area contributed by atoms with Gasteiger partial charge in [-0.15, -0.1) is 0 Å². The molecule has 0 radical (unpaired) electrons. The van der Waals surface area contributed by atoms with Gasteiger partial charge in [-0.2, -0.15) is 18.8 Å². The fourth-order valence-corrected chi connectivity index (χ4v) is 5.61. The number of nitriles is 1. The predicted molar refractivity (Wildman–Crippen MR) is 162 cm³/mol. The van der Waals surface area contributed by atoms with Gasteiger partial charge in [0.05, 0.1) is 23.9 Å². The van der Waals surface area contributed by atoms with Gasteiger partial charge in [0.2, 0.25) is 0 Å². The van der Waals surface area contributed by atoms with Crippen molar-refractivity contribution in [2.75, 3.05) is 54.4 Å². The molecular formula is C31H37N5O2S. The van der Waals surface area contributed by atoms with E-state index in [9.17, 15) is 15.2 Å². The van der Waals surface area contributed by atoms with Crippen LogP contribution in [0.2, 0.25) is 0 Å². The van der Waals surface area contributed by atoms with E-state index in [1.807, 2.05) is 84.6 Å². The highest BCUT2D eigenvalue weighted by Gasteiger charge is 2.30. The number of hydrogen-bond donors (Lipinski definition) is 2. The van der Waals surface area contributed by atoms with Crippen molar-refractivity contribution in [2.24, 2.45) is 0 Å². The Balaban J connectivity index is 0.00000353. The second-order valence-electron chi connectivity index (χ2n) is 10.2. The number of benzene rings is 3. The number of amides is 1. The minimum atomic E-state index is -0.131. The Morgan fingerprint density at radius 3 is 2.44 bits per heavy atom. The summed E-state index contributed by atoms with van der Waals surface area (Å²) in [6.45, 7) is 5.52. The van der Waals surface area contributed by atoms with E-state index in [4.69, 9.17) is 0 Å². The van der Waals surface area contributed by atoms with Crippen LogP contribution in [0.15, 0.2) is 72.8 Å². The Bertz CT molecular complexity index is 1300. The number of aryl methyl sites for hydroxylation is 1. The van der Waals surface area contributed by atoms with E-state index in [2.05, 4.69) is 21.2 Å². The zero-order chi connectivity index (χ0) is 26.5. The second kappa shape index (κ2) is 12.9. The number of piperidine rings is 1. The number of piperazine rings is 1. The van der Waals surface area contributed by atoms with Crippen molar-refractivity contribution >= 4 is 36.5 Å². The molecule has 1 amide bonds. The highest BCUT2D eigenvalue weighted by atomic mass is 32.1. The fraction of sp³-hybridized carbons (Fsp3) is 0.355. The first-order valence-corrected chi connectivity index (χ1v) is 13.4. The van der Waals surface area contributed by atoms with Crippen LogP contribution in [-0.2, 0) is 0 Å². The number of aliphatic hydroxyl groups is 1. The molecule has 0 spiro atoms. The molecule has 2 N–H and O–H groups in total. The summed E-state index contributed by atoms with van der Waals surface area (Å²) in [6.07, 6.45) is 1.91. The van der Waals surface area contributed by atoms with Crippen molar-refractivity contribution in [1.29, 1.82) is 5.26 Å². The first-order valence-electron chi connectivity index (χ1n) is 13.4. The highest BCUT2D eigenvalue weighted by molar-refractivity contribution is 7.59. The maximum atomic E-state index is 13.6. The van der Waals surface area contributed by atoms with Crippen LogP contribution in [0.4, 0.5) is 17.1 Å². The van der Waals surface area contributed by atoms with Gasteiger partial charge in [0, 0.05) is 55.7 Å². The number of anilines is 3. The molecule has 8 heteroatoms. The van der Waals surface area contributed by atoms with E-state index in [-0.39, 0.29) is 32.1 Å². The number of carbonyl (C=O) groups is 1. The van der Waals surface area contributed by atoms with Crippen LogP contribution in [0.5, 0.6) is 0 Å². The molecule has 0 aliphatic carbocycles. The van der Waals surface area contributed by atoms with Crippen LogP contribution in [0, 0.1) is 18.3 Å². The third-order valence-corrected chi connectivity index (χ3v) is 7.77. The Morgan fingerprint density at radius 2 is 1.72 bits per heavy atom. The topological polar surface area (TPSA) is 82.8 Å². The van der Waals surface area contributed by atoms with Crippen molar-refractivity contribution < 1.29 is 9.90 Å². The van der Waals surface area contributed by atoms with Gasteiger partial charge in [-0.25, -0.2) is 0 Å². The maximum Gasteiger partial charge on any atom is 0.254 e. The lowest BCUT2D eigenvalue weighted by Gasteiger charge is -2.42. The van der Waals surface area contributed by atoms with Crippen molar-refractivity contribution in [3.05, 3.63) is 89.5 Å². The number of hydrogen-bond acceptors (Lipinski definition) is 6. The van der Waals surface area contributed by atoms with E-state index in [1.54, 1.807) is 0 Å². The van der Waals surface area contributed by atoms with Crippen LogP contribution >= 0.6 is 13.5 Å². The molecule has 2 fully saturated rings. The quantitative estimate of drug-likeness (QED) is 0.480. The Kier molecular flexibility index (Phi) is 9.39. The molecule has 0 saturated carbocycles. The van der Waals surface area contributed by atoms with E-state index >= 15 is 0 Å². The SMILES string of the molecule is Cc1ccc(NC2CCN(c3ccccc3C#N)CC2)cc1C(=O)N1CCN(c2ccccc2)[C@H](CO)C1.S. The van der Waals surface area contributed by atoms with Crippen LogP contribution in [-0.4, -0.2) is 67.3 Å². The molecule has 0 bridgehead atoms. The predicted octanol–water partition coefficient (Wildman–Crippen LogP) is 4.38. The summed E-state index contributed by atoms with van der Waals surface area (Å²) in [5.41, 5.74) is 5.41. The summed E-state index contributed by atoms with van der Waals surface area (Å²) < 4.78 is 0. The van der Waals surface area contributed by atoms with Gasteiger partial charge in [-0.05, 0) is 61.7 Å². The lowest BCUT2D eigenvalue weighted by molar-refractivity contribution is 0.0698. The number of nitrogens with one attached hydrogen (secondary N) is 1. The van der Waals surface area contributed by atoms with E-state index in [0.717, 1.165) is 48.6 Å². The molecule has 2 aliphatic heterocycles. The number of para-hydroxylation sites is 2. The molecule has 3 aromatic carbocycles. The fourth-order valence-electron chi connectivity index (χ4n) is 5.61. The Hall–Kier alpha value is -3.67. The van der Waals surface area contributed by atoms with Crippen molar-refractivity contribution in [3.8, 4) is 6.07 Å². The Morgan fingerprint density at radius 1 is 1.00 bits per heavy atom. The van der Waals surface area contributed by atoms with Gasteiger partial charge < -0.3 is 25.1 Å². The zero-order valence-electron chi connectivity index (χ0n) is 22.4. The van der Waals surface area contributed by atoms with Crippen LogP contribution < -0.4 is 15.1 Å². The van der Waals surface area contributed by atoms with Crippen molar-refractivity contribution in [2.45, 2.75) is 31.8 Å². The zero-order valence-corrected chi connectivity index (χ0v) is 23.4. The summed E-state index contributed by atoms with van der Waals surface area (Å²) in [4.78, 5) is 19.9. The average Bonchev–Trinajstić information content (AvgIpc) is 2.98. The molecule has 3 aromatic rings. The molecule has 39 heavy (non-hydrogen) atoms. The number of aliphatic hydroxyl groups excluding tert-OH is 1. The van der Waals surface area contributed by atoms with E-state index < -0.39 is 0 Å². The maximum absolute atomic E-state index is 13.6. The highest BCUT2D eigenvalue weighted by Crippen LogP contribution is 2.27. The lowest BCUT2D eigenvalue weighted by atomic mass is 10.0. The van der Waals surface area contributed by atoms with Crippen LogP contribution in [0.1, 0.15) is 34.3 Å². The summed E-state index contributed by atoms with van der Waals surface area (Å²) in [7, 11) is 0. The molecule has 2 aliphatic rings. The monoisotopic (exact) mass is 543 g/mol. The summed E-state index contributed by atoms with van der Waals surface area (Å²) in [5.74, 6) is 0.0141. The molecule has 204 valence electrons. The van der Waals surface area contributed by atoms with Gasteiger partial charge in [0.15, 0.2) is 0 Å². The van der Waals surface area contributed by atoms with Gasteiger partial charge in [-0.1, -0.05) is 36.4 Å². The lowest BCUT2D eigenvalue weighted by Crippen LogP contribution is -2.56. The van der Waals surface area contributed by atoms with Gasteiger partial charge in [0.25, 0.3) is 5.91 Å². The van der Waals surface area contributed by atoms with Crippen molar-refractivity contribution in [3.63, 3.8) is 0 Å². The van der Waals surface area contributed by atoms with Crippen molar-refractivity contribution in [1.82, 2.24) is 4.90 Å². The Labute approximate surface area is 238 Å². The normalized spacial score (nSPS) is 17.8. The molecular weight excluding hydrogens is 506 g/mol. The van der Waals surface area contributed by atoms with Gasteiger partial charge in [0.1, 0.15) is 6.07 Å². The number of carbonyl (C=O) groups excluding carboxylic acids is 1. The first-order chi connectivity index (χ1) is 18.6. The van der Waals surface area contributed by atoms with Crippen LogP contribution in [0.25, 0.3) is 0 Å². The van der Waals surface area contributed by atoms with Crippen LogP contribution in [0.3, 0.4) is 0 Å². The molecule has 2 saturated heterocycles. The smallest absolute Gasteiger partial charge is 0.254 e. The largest absolute Gasteiger partial charge is 0.394 e. The molecule has 5 rings (SSSR count). The van der Waals surface area contributed by atoms with E-state index in [0.29, 0.717) is 36.8 Å². The average molecular weight is 544 g/mol. The summed E-state index contributed by atoms with van der Waals surface area (Å²) in [5, 5.41) is 23.2. The number of nitrogens with zero attached hydrogens (tertiary/aromatic N) is 4. The third-order valence-electron chi connectivity index (χ3n) is 7.77. The molecule has 0 aromatic heterocycles. The standard InChI is InChI=1S/C31H35N5O2.H2S/c1-23-11-12-26(33-25-13-15-34(16-14-25)30-10-6-5-7-24(30)20-32)19-29(23)31(38)35-17-18-36(28(21-35)22-37)27-8-3-2-4-9-27;/h2-12,19,25,28,33,37H,13-18,21-22H2,1H3;1H2/t28-;/m0./s1. The minimum Gasteiger partial charge on any atom is -0.394 e. The third kappa shape index (κ3) is 6.32. The van der Waals surface area contributed by atoms with Gasteiger partial charge in [-0.3, -0.25) is 4.79 Å².